The molecule has 0 radical (unpaired) electrons. The summed E-state index contributed by atoms with van der Waals surface area (Å²) >= 11 is 9.72. The van der Waals surface area contributed by atoms with Crippen molar-refractivity contribution in [3.8, 4) is 21.7 Å². The van der Waals surface area contributed by atoms with E-state index < -0.39 is 0 Å². The van der Waals surface area contributed by atoms with Gasteiger partial charge in [-0.1, -0.05) is 61.0 Å². The Kier molecular flexibility index (Phi) is 6.10. The quantitative estimate of drug-likeness (QED) is 0.303. The van der Waals surface area contributed by atoms with E-state index in [9.17, 15) is 0 Å². The maximum atomic E-state index is 6.22. The summed E-state index contributed by atoms with van der Waals surface area (Å²) in [5.74, 6) is 0.904. The zero-order chi connectivity index (χ0) is 19.3. The average Bonchev–Trinajstić information content (AvgIpc) is 3.18. The number of thiazole rings is 1. The number of pyridine rings is 1. The van der Waals surface area contributed by atoms with E-state index in [1.807, 2.05) is 30.5 Å². The molecule has 0 unspecified atom stereocenters. The normalized spacial score (nSPS) is 10.9. The van der Waals surface area contributed by atoms with Gasteiger partial charge < -0.3 is 0 Å². The zero-order valence-corrected chi connectivity index (χ0v) is 17.8. The van der Waals surface area contributed by atoms with Gasteiger partial charge in [-0.15, -0.1) is 23.1 Å². The highest BCUT2D eigenvalue weighted by Crippen LogP contribution is 2.38. The summed E-state index contributed by atoms with van der Waals surface area (Å²) in [4.78, 5) is 10.6. The molecule has 4 rings (SSSR count). The van der Waals surface area contributed by atoms with Gasteiger partial charge in [-0.05, 0) is 41.8 Å². The molecule has 0 aliphatic carbocycles. The molecule has 0 bridgehead atoms. The summed E-state index contributed by atoms with van der Waals surface area (Å²) < 4.78 is 0. The second-order valence-corrected chi connectivity index (χ2v) is 8.82. The minimum Gasteiger partial charge on any atom is -0.250 e. The van der Waals surface area contributed by atoms with Crippen LogP contribution in [0.1, 0.15) is 17.5 Å². The number of aromatic nitrogens is 2. The molecule has 2 nitrogen and oxygen atoms in total. The second-order valence-electron chi connectivity index (χ2n) is 6.31. The minimum absolute atomic E-state index is 0.725. The third kappa shape index (κ3) is 4.46. The van der Waals surface area contributed by atoms with E-state index in [0.29, 0.717) is 0 Å². The first kappa shape index (κ1) is 19.2. The topological polar surface area (TPSA) is 25.8 Å². The fourth-order valence-corrected chi connectivity index (χ4v) is 4.97. The van der Waals surface area contributed by atoms with E-state index in [1.165, 1.54) is 10.4 Å². The number of hydrogen-bond donors (Lipinski definition) is 0. The van der Waals surface area contributed by atoms with Crippen molar-refractivity contribution in [2.45, 2.75) is 24.1 Å². The lowest BCUT2D eigenvalue weighted by molar-refractivity contribution is 1.10. The second kappa shape index (κ2) is 8.91. The summed E-state index contributed by atoms with van der Waals surface area (Å²) in [6.45, 7) is 2.14. The molecule has 0 saturated carbocycles. The fourth-order valence-electron chi connectivity index (χ4n) is 2.90. The number of benzene rings is 2. The Hall–Kier alpha value is -2.14. The molecule has 2 aromatic heterocycles. The molecule has 5 heteroatoms. The number of nitrogens with zero attached hydrogens (tertiary/aromatic N) is 2. The summed E-state index contributed by atoms with van der Waals surface area (Å²) in [6.07, 6.45) is 2.80. The molecule has 2 aromatic carbocycles. The first-order valence-electron chi connectivity index (χ1n) is 9.11. The SMILES string of the molecule is CCc1nc(-c2cccc(Cl)c2)c(-c2ccnc(SCc3ccccc3)c2)s1. The number of hydrogen-bond acceptors (Lipinski definition) is 4. The van der Waals surface area contributed by atoms with Crippen molar-refractivity contribution in [3.63, 3.8) is 0 Å². The predicted octanol–water partition coefficient (Wildman–Crippen LogP) is 7.38. The van der Waals surface area contributed by atoms with Crippen LogP contribution in [0, 0.1) is 0 Å². The van der Waals surface area contributed by atoms with Gasteiger partial charge in [-0.2, -0.15) is 0 Å². The van der Waals surface area contributed by atoms with Gasteiger partial charge in [0.05, 0.1) is 20.6 Å². The van der Waals surface area contributed by atoms with Crippen LogP contribution in [0.15, 0.2) is 78.0 Å². The summed E-state index contributed by atoms with van der Waals surface area (Å²) in [7, 11) is 0. The molecular formula is C23H19ClN2S2. The van der Waals surface area contributed by atoms with Crippen LogP contribution in [0.3, 0.4) is 0 Å². The largest absolute Gasteiger partial charge is 0.250 e. The van der Waals surface area contributed by atoms with Gasteiger partial charge in [-0.3, -0.25) is 0 Å². The lowest BCUT2D eigenvalue weighted by atomic mass is 10.1. The molecule has 28 heavy (non-hydrogen) atoms. The Bertz CT molecular complexity index is 1080. The van der Waals surface area contributed by atoms with Crippen molar-refractivity contribution in [2.75, 3.05) is 0 Å². The van der Waals surface area contributed by atoms with Crippen LogP contribution in [-0.2, 0) is 12.2 Å². The number of halogens is 1. The van der Waals surface area contributed by atoms with Gasteiger partial charge >= 0.3 is 0 Å². The number of rotatable bonds is 6. The molecule has 0 aliphatic heterocycles. The highest BCUT2D eigenvalue weighted by atomic mass is 35.5. The van der Waals surface area contributed by atoms with Crippen LogP contribution in [0.4, 0.5) is 0 Å². The third-order valence-electron chi connectivity index (χ3n) is 4.30. The lowest BCUT2D eigenvalue weighted by Gasteiger charge is -2.06. The smallest absolute Gasteiger partial charge is 0.0969 e. The maximum absolute atomic E-state index is 6.22. The fraction of sp³-hybridized carbons (Fsp3) is 0.130. The van der Waals surface area contributed by atoms with Crippen LogP contribution >= 0.6 is 34.7 Å². The van der Waals surface area contributed by atoms with Gasteiger partial charge in [0, 0.05) is 22.5 Å². The first-order valence-corrected chi connectivity index (χ1v) is 11.3. The third-order valence-corrected chi connectivity index (χ3v) is 6.78. The van der Waals surface area contributed by atoms with E-state index in [1.54, 1.807) is 23.1 Å². The Morgan fingerprint density at radius 3 is 2.61 bits per heavy atom. The maximum Gasteiger partial charge on any atom is 0.0969 e. The highest BCUT2D eigenvalue weighted by molar-refractivity contribution is 7.98. The zero-order valence-electron chi connectivity index (χ0n) is 15.4. The Morgan fingerprint density at radius 2 is 1.82 bits per heavy atom. The predicted molar refractivity (Wildman–Crippen MR) is 121 cm³/mol. The minimum atomic E-state index is 0.725. The summed E-state index contributed by atoms with van der Waals surface area (Å²) in [5.41, 5.74) is 4.49. The van der Waals surface area contributed by atoms with Crippen LogP contribution in [0.25, 0.3) is 21.7 Å². The molecule has 0 saturated heterocycles. The van der Waals surface area contributed by atoms with Gasteiger partial charge in [0.25, 0.3) is 0 Å². The van der Waals surface area contributed by atoms with Crippen molar-refractivity contribution < 1.29 is 0 Å². The Labute approximate surface area is 178 Å². The molecule has 0 atom stereocenters. The first-order chi connectivity index (χ1) is 13.7. The Morgan fingerprint density at radius 1 is 0.964 bits per heavy atom. The van der Waals surface area contributed by atoms with Crippen molar-refractivity contribution >= 4 is 34.7 Å². The molecular weight excluding hydrogens is 404 g/mol. The molecule has 0 aliphatic rings. The lowest BCUT2D eigenvalue weighted by Crippen LogP contribution is -1.86. The molecule has 140 valence electrons. The van der Waals surface area contributed by atoms with Crippen LogP contribution in [0.2, 0.25) is 5.02 Å². The highest BCUT2D eigenvalue weighted by Gasteiger charge is 2.15. The van der Waals surface area contributed by atoms with Gasteiger partial charge in [0.2, 0.25) is 0 Å². The number of aryl methyl sites for hydroxylation is 1. The molecule has 2 heterocycles. The van der Waals surface area contributed by atoms with E-state index in [4.69, 9.17) is 16.6 Å². The summed E-state index contributed by atoms with van der Waals surface area (Å²) in [5, 5.41) is 2.87. The van der Waals surface area contributed by atoms with E-state index >= 15 is 0 Å². The standard InChI is InChI=1S/C23H19ClN2S2/c1-2-20-26-22(17-9-6-10-19(24)13-17)23(28-20)18-11-12-25-21(14-18)27-15-16-7-4-3-5-8-16/h3-14H,2,15H2,1H3. The van der Waals surface area contributed by atoms with Crippen molar-refractivity contribution in [1.82, 2.24) is 9.97 Å². The van der Waals surface area contributed by atoms with Gasteiger partial charge in [0.1, 0.15) is 0 Å². The van der Waals surface area contributed by atoms with E-state index in [2.05, 4.69) is 54.4 Å². The van der Waals surface area contributed by atoms with E-state index in [-0.39, 0.29) is 0 Å². The van der Waals surface area contributed by atoms with E-state index in [0.717, 1.165) is 44.1 Å². The van der Waals surface area contributed by atoms with Crippen molar-refractivity contribution in [1.29, 1.82) is 0 Å². The van der Waals surface area contributed by atoms with Gasteiger partial charge in [0.15, 0.2) is 0 Å². The molecule has 0 amide bonds. The number of thioether (sulfide) groups is 1. The molecule has 0 N–H and O–H groups in total. The van der Waals surface area contributed by atoms with Crippen LogP contribution < -0.4 is 0 Å². The molecule has 4 aromatic rings. The van der Waals surface area contributed by atoms with Crippen molar-refractivity contribution in [2.24, 2.45) is 0 Å². The molecule has 0 fully saturated rings. The monoisotopic (exact) mass is 422 g/mol. The average molecular weight is 423 g/mol. The van der Waals surface area contributed by atoms with Gasteiger partial charge in [-0.25, -0.2) is 9.97 Å². The molecule has 0 spiro atoms. The van der Waals surface area contributed by atoms with Crippen LogP contribution in [-0.4, -0.2) is 9.97 Å². The summed E-state index contributed by atoms with van der Waals surface area (Å²) in [6, 6.07) is 22.6. The van der Waals surface area contributed by atoms with Crippen molar-refractivity contribution in [3.05, 3.63) is 88.5 Å². The Balaban J connectivity index is 1.66. The van der Waals surface area contributed by atoms with Crippen LogP contribution in [0.5, 0.6) is 0 Å².